The number of halogens is 1. The van der Waals surface area contributed by atoms with Crippen molar-refractivity contribution in [3.63, 3.8) is 0 Å². The number of amides is 1. The zero-order valence-corrected chi connectivity index (χ0v) is 10.8. The van der Waals surface area contributed by atoms with E-state index in [0.29, 0.717) is 24.6 Å². The van der Waals surface area contributed by atoms with E-state index in [2.05, 4.69) is 12.2 Å². The Bertz CT molecular complexity index is 365. The van der Waals surface area contributed by atoms with Crippen molar-refractivity contribution < 1.29 is 9.18 Å². The largest absolute Gasteiger partial charge is 0.330 e. The molecule has 0 bridgehead atoms. The van der Waals surface area contributed by atoms with Crippen LogP contribution in [0.15, 0.2) is 24.3 Å². The second kappa shape index (κ2) is 7.82. The summed E-state index contributed by atoms with van der Waals surface area (Å²) in [7, 11) is 0. The maximum Gasteiger partial charge on any atom is 0.224 e. The molecular formula is C14H21FN2O. The van der Waals surface area contributed by atoms with Crippen molar-refractivity contribution in [2.45, 2.75) is 32.6 Å². The van der Waals surface area contributed by atoms with E-state index in [1.165, 1.54) is 12.1 Å². The summed E-state index contributed by atoms with van der Waals surface area (Å²) in [4.78, 5) is 11.7. The fourth-order valence-electron chi connectivity index (χ4n) is 1.88. The van der Waals surface area contributed by atoms with E-state index in [1.807, 2.05) is 0 Å². The predicted octanol–water partition coefficient (Wildman–Crippen LogP) is 2.92. The molecule has 1 aromatic rings. The summed E-state index contributed by atoms with van der Waals surface area (Å²) in [5, 5.41) is 2.75. The molecule has 1 rings (SSSR count). The topological polar surface area (TPSA) is 55.1 Å². The lowest BCUT2D eigenvalue weighted by atomic mass is 9.96. The van der Waals surface area contributed by atoms with E-state index >= 15 is 0 Å². The summed E-state index contributed by atoms with van der Waals surface area (Å²) in [5.74, 6) is 0.174. The lowest BCUT2D eigenvalue weighted by Gasteiger charge is -2.13. The van der Waals surface area contributed by atoms with E-state index < -0.39 is 0 Å². The molecular weight excluding hydrogens is 231 g/mol. The molecule has 0 saturated heterocycles. The molecule has 0 spiro atoms. The highest BCUT2D eigenvalue weighted by molar-refractivity contribution is 5.90. The molecule has 0 aliphatic heterocycles. The van der Waals surface area contributed by atoms with Crippen LogP contribution in [0.3, 0.4) is 0 Å². The summed E-state index contributed by atoms with van der Waals surface area (Å²) in [6.07, 6.45) is 3.33. The first-order chi connectivity index (χ1) is 8.65. The maximum absolute atomic E-state index is 12.7. The number of nitrogens with two attached hydrogens (primary N) is 1. The minimum absolute atomic E-state index is 0.0305. The van der Waals surface area contributed by atoms with Gasteiger partial charge in [0.25, 0.3) is 0 Å². The molecule has 0 aliphatic carbocycles. The van der Waals surface area contributed by atoms with Gasteiger partial charge in [0, 0.05) is 12.1 Å². The van der Waals surface area contributed by atoms with Crippen LogP contribution in [0.2, 0.25) is 0 Å². The number of carbonyl (C=O) groups is 1. The Morgan fingerprint density at radius 2 is 2.00 bits per heavy atom. The number of nitrogens with one attached hydrogen (secondary N) is 1. The summed E-state index contributed by atoms with van der Waals surface area (Å²) in [6, 6.07) is 5.78. The van der Waals surface area contributed by atoms with E-state index in [4.69, 9.17) is 5.73 Å². The third-order valence-electron chi connectivity index (χ3n) is 3.06. The van der Waals surface area contributed by atoms with Crippen molar-refractivity contribution in [1.82, 2.24) is 0 Å². The molecule has 0 aliphatic rings. The number of hydrogen-bond donors (Lipinski definition) is 2. The summed E-state index contributed by atoms with van der Waals surface area (Å²) < 4.78 is 12.7. The first-order valence-electron chi connectivity index (χ1n) is 6.41. The van der Waals surface area contributed by atoms with Crippen LogP contribution in [0.1, 0.15) is 32.6 Å². The third kappa shape index (κ3) is 5.27. The van der Waals surface area contributed by atoms with E-state index in [9.17, 15) is 9.18 Å². The van der Waals surface area contributed by atoms with Gasteiger partial charge in [-0.3, -0.25) is 4.79 Å². The Hall–Kier alpha value is -1.42. The van der Waals surface area contributed by atoms with Crippen LogP contribution in [0.4, 0.5) is 10.1 Å². The van der Waals surface area contributed by atoms with Gasteiger partial charge >= 0.3 is 0 Å². The van der Waals surface area contributed by atoms with Gasteiger partial charge in [0.2, 0.25) is 5.91 Å². The van der Waals surface area contributed by atoms with Crippen molar-refractivity contribution in [2.75, 3.05) is 11.9 Å². The monoisotopic (exact) mass is 252 g/mol. The van der Waals surface area contributed by atoms with Crippen LogP contribution in [-0.2, 0) is 4.79 Å². The maximum atomic E-state index is 12.7. The van der Waals surface area contributed by atoms with Crippen molar-refractivity contribution in [1.29, 1.82) is 0 Å². The second-order valence-electron chi connectivity index (χ2n) is 4.45. The van der Waals surface area contributed by atoms with Gasteiger partial charge in [0.1, 0.15) is 5.82 Å². The lowest BCUT2D eigenvalue weighted by Crippen LogP contribution is -2.15. The molecule has 100 valence electrons. The van der Waals surface area contributed by atoms with E-state index in [0.717, 1.165) is 19.3 Å². The average molecular weight is 252 g/mol. The molecule has 1 atom stereocenters. The van der Waals surface area contributed by atoms with Crippen molar-refractivity contribution in [3.8, 4) is 0 Å². The van der Waals surface area contributed by atoms with Gasteiger partial charge in [-0.15, -0.1) is 0 Å². The Balaban J connectivity index is 2.35. The Kier molecular flexibility index (Phi) is 6.36. The Labute approximate surface area is 108 Å². The minimum Gasteiger partial charge on any atom is -0.330 e. The van der Waals surface area contributed by atoms with Crippen molar-refractivity contribution in [2.24, 2.45) is 11.7 Å². The highest BCUT2D eigenvalue weighted by Crippen LogP contribution is 2.15. The number of benzene rings is 1. The SMILES string of the molecule is CCC(CCN)CCC(=O)Nc1ccc(F)cc1. The zero-order valence-electron chi connectivity index (χ0n) is 10.8. The summed E-state index contributed by atoms with van der Waals surface area (Å²) in [5.41, 5.74) is 6.15. The highest BCUT2D eigenvalue weighted by Gasteiger charge is 2.09. The zero-order chi connectivity index (χ0) is 13.4. The summed E-state index contributed by atoms with van der Waals surface area (Å²) in [6.45, 7) is 2.77. The van der Waals surface area contributed by atoms with Crippen LogP contribution >= 0.6 is 0 Å². The van der Waals surface area contributed by atoms with E-state index in [1.54, 1.807) is 12.1 Å². The Morgan fingerprint density at radius 3 is 2.56 bits per heavy atom. The van der Waals surface area contributed by atoms with Gasteiger partial charge in [0.05, 0.1) is 0 Å². The van der Waals surface area contributed by atoms with Crippen molar-refractivity contribution in [3.05, 3.63) is 30.1 Å². The molecule has 0 heterocycles. The molecule has 3 nitrogen and oxygen atoms in total. The molecule has 1 aromatic carbocycles. The fourth-order valence-corrected chi connectivity index (χ4v) is 1.88. The third-order valence-corrected chi connectivity index (χ3v) is 3.06. The smallest absolute Gasteiger partial charge is 0.224 e. The molecule has 3 N–H and O–H groups in total. The average Bonchev–Trinajstić information content (AvgIpc) is 2.37. The van der Waals surface area contributed by atoms with Crippen LogP contribution < -0.4 is 11.1 Å². The van der Waals surface area contributed by atoms with Gasteiger partial charge in [-0.05, 0) is 49.6 Å². The number of rotatable bonds is 7. The molecule has 0 radical (unpaired) electrons. The van der Waals surface area contributed by atoms with Gasteiger partial charge in [-0.25, -0.2) is 4.39 Å². The first kappa shape index (κ1) is 14.6. The van der Waals surface area contributed by atoms with Gasteiger partial charge in [-0.2, -0.15) is 0 Å². The van der Waals surface area contributed by atoms with Crippen LogP contribution in [-0.4, -0.2) is 12.5 Å². The number of hydrogen-bond acceptors (Lipinski definition) is 2. The van der Waals surface area contributed by atoms with E-state index in [-0.39, 0.29) is 11.7 Å². The highest BCUT2D eigenvalue weighted by atomic mass is 19.1. The van der Waals surface area contributed by atoms with Gasteiger partial charge < -0.3 is 11.1 Å². The summed E-state index contributed by atoms with van der Waals surface area (Å²) >= 11 is 0. The molecule has 1 unspecified atom stereocenters. The second-order valence-corrected chi connectivity index (χ2v) is 4.45. The number of anilines is 1. The Morgan fingerprint density at radius 1 is 1.33 bits per heavy atom. The fraction of sp³-hybridized carbons (Fsp3) is 0.500. The number of carbonyl (C=O) groups excluding carboxylic acids is 1. The standard InChI is InChI=1S/C14H21FN2O/c1-2-11(9-10-16)3-8-14(18)17-13-6-4-12(15)5-7-13/h4-7,11H,2-3,8-10,16H2,1H3,(H,17,18). The molecule has 4 heteroatoms. The predicted molar refractivity (Wildman–Crippen MR) is 71.7 cm³/mol. The van der Waals surface area contributed by atoms with Crippen LogP contribution in [0.25, 0.3) is 0 Å². The molecule has 0 saturated carbocycles. The molecule has 18 heavy (non-hydrogen) atoms. The first-order valence-corrected chi connectivity index (χ1v) is 6.41. The quantitative estimate of drug-likeness (QED) is 0.784. The molecule has 1 amide bonds. The van der Waals surface area contributed by atoms with Crippen LogP contribution in [0.5, 0.6) is 0 Å². The molecule has 0 aromatic heterocycles. The normalized spacial score (nSPS) is 12.2. The minimum atomic E-state index is -0.304. The molecule has 0 fully saturated rings. The lowest BCUT2D eigenvalue weighted by molar-refractivity contribution is -0.116. The van der Waals surface area contributed by atoms with Gasteiger partial charge in [-0.1, -0.05) is 13.3 Å². The van der Waals surface area contributed by atoms with Gasteiger partial charge in [0.15, 0.2) is 0 Å². The van der Waals surface area contributed by atoms with Crippen LogP contribution in [0, 0.1) is 11.7 Å². The van der Waals surface area contributed by atoms with Crippen molar-refractivity contribution >= 4 is 11.6 Å².